The van der Waals surface area contributed by atoms with Crippen LogP contribution in [0.3, 0.4) is 0 Å². The Morgan fingerprint density at radius 3 is 2.09 bits per heavy atom. The molecular formula is C27H31N3O2. The summed E-state index contributed by atoms with van der Waals surface area (Å²) in [4.78, 5) is 13.5. The van der Waals surface area contributed by atoms with Gasteiger partial charge >= 0.3 is 0 Å². The van der Waals surface area contributed by atoms with Crippen LogP contribution in [0.25, 0.3) is 0 Å². The second-order valence-electron chi connectivity index (χ2n) is 8.08. The minimum absolute atomic E-state index is 0.187. The Hall–Kier alpha value is -2.99. The topological polar surface area (TPSA) is 48.3 Å². The summed E-state index contributed by atoms with van der Waals surface area (Å²) in [7, 11) is 0. The van der Waals surface area contributed by atoms with Crippen LogP contribution in [0, 0.1) is 0 Å². The summed E-state index contributed by atoms with van der Waals surface area (Å²) < 4.78 is 0. The summed E-state index contributed by atoms with van der Waals surface area (Å²) in [5.74, 6) is 0.674. The second-order valence-corrected chi connectivity index (χ2v) is 8.08. The van der Waals surface area contributed by atoms with Crippen molar-refractivity contribution in [2.24, 2.45) is 4.99 Å². The summed E-state index contributed by atoms with van der Waals surface area (Å²) in [5.41, 5.74) is 2.63. The number of aliphatic hydroxyl groups excluding tert-OH is 1. The van der Waals surface area contributed by atoms with Gasteiger partial charge in [0.15, 0.2) is 5.84 Å². The molecule has 1 saturated heterocycles. The van der Waals surface area contributed by atoms with Crippen molar-refractivity contribution >= 4 is 17.2 Å². The number of β-amino-alcohol motifs (C(OH)–C–C–N with tert-alkyl or cyclic N) is 1. The lowest BCUT2D eigenvalue weighted by molar-refractivity contribution is 0.0162. The van der Waals surface area contributed by atoms with Gasteiger partial charge in [0.2, 0.25) is 0 Å². The molecule has 4 rings (SSSR count). The maximum Gasteiger partial charge on any atom is 0.165 e. The Kier molecular flexibility index (Phi) is 8.04. The molecule has 1 aliphatic rings. The van der Waals surface area contributed by atoms with Crippen LogP contribution in [0.2, 0.25) is 0 Å². The Labute approximate surface area is 190 Å². The number of likely N-dealkylation sites (tertiary alicyclic amines) is 1. The number of hydrogen-bond acceptors (Lipinski definition) is 4. The van der Waals surface area contributed by atoms with Crippen molar-refractivity contribution in [3.05, 3.63) is 96.6 Å². The third kappa shape index (κ3) is 6.26. The highest BCUT2D eigenvalue weighted by Crippen LogP contribution is 2.22. The molecule has 1 heterocycles. The van der Waals surface area contributed by atoms with Crippen LogP contribution in [0.15, 0.2) is 96.0 Å². The van der Waals surface area contributed by atoms with E-state index in [1.807, 2.05) is 91.0 Å². The molecule has 0 aromatic heterocycles. The fraction of sp³-hybridized carbons (Fsp3) is 0.296. The normalized spacial score (nSPS) is 16.0. The fourth-order valence-corrected chi connectivity index (χ4v) is 3.91. The van der Waals surface area contributed by atoms with Crippen LogP contribution in [-0.4, -0.2) is 48.2 Å². The van der Waals surface area contributed by atoms with Gasteiger partial charge in [-0.2, -0.15) is 0 Å². The van der Waals surface area contributed by atoms with Gasteiger partial charge in [0.1, 0.15) is 6.61 Å². The van der Waals surface area contributed by atoms with E-state index in [-0.39, 0.29) is 6.61 Å². The predicted octanol–water partition coefficient (Wildman–Crippen LogP) is 5.05. The van der Waals surface area contributed by atoms with E-state index in [9.17, 15) is 5.11 Å². The highest BCUT2D eigenvalue weighted by atomic mass is 16.7. The van der Waals surface area contributed by atoms with Gasteiger partial charge < -0.3 is 10.0 Å². The zero-order valence-electron chi connectivity index (χ0n) is 18.4. The van der Waals surface area contributed by atoms with E-state index in [4.69, 9.17) is 9.83 Å². The van der Waals surface area contributed by atoms with Crippen LogP contribution >= 0.6 is 0 Å². The quantitative estimate of drug-likeness (QED) is 0.309. The summed E-state index contributed by atoms with van der Waals surface area (Å²) in [5, 5.41) is 12.4. The molecule has 1 N–H and O–H groups in total. The lowest BCUT2D eigenvalue weighted by Gasteiger charge is -2.30. The van der Waals surface area contributed by atoms with Gasteiger partial charge in [-0.25, -0.2) is 10.1 Å². The first-order chi connectivity index (χ1) is 15.8. The molecule has 1 fully saturated rings. The van der Waals surface area contributed by atoms with Crippen molar-refractivity contribution in [3.63, 3.8) is 0 Å². The average molecular weight is 430 g/mol. The molecule has 5 heteroatoms. The molecule has 0 radical (unpaired) electrons. The number of benzene rings is 3. The smallest absolute Gasteiger partial charge is 0.165 e. The van der Waals surface area contributed by atoms with Crippen molar-refractivity contribution in [1.29, 1.82) is 0 Å². The maximum absolute atomic E-state index is 10.7. The van der Waals surface area contributed by atoms with Crippen LogP contribution in [-0.2, 0) is 4.84 Å². The third-order valence-electron chi connectivity index (χ3n) is 5.52. The zero-order valence-corrected chi connectivity index (χ0v) is 18.4. The first kappa shape index (κ1) is 22.2. The molecule has 0 aliphatic carbocycles. The number of hydrogen-bond donors (Lipinski definition) is 1. The van der Waals surface area contributed by atoms with Crippen LogP contribution < -0.4 is 5.06 Å². The molecule has 0 amide bonds. The van der Waals surface area contributed by atoms with E-state index in [0.29, 0.717) is 12.4 Å². The molecule has 1 aliphatic heterocycles. The molecule has 0 spiro atoms. The summed E-state index contributed by atoms with van der Waals surface area (Å²) in [6.45, 7) is 2.90. The monoisotopic (exact) mass is 429 g/mol. The summed E-state index contributed by atoms with van der Waals surface area (Å²) in [6.07, 6.45) is 3.10. The Morgan fingerprint density at radius 1 is 0.844 bits per heavy atom. The van der Waals surface area contributed by atoms with Gasteiger partial charge in [0, 0.05) is 12.1 Å². The van der Waals surface area contributed by atoms with Crippen molar-refractivity contribution in [2.45, 2.75) is 25.4 Å². The zero-order chi connectivity index (χ0) is 22.0. The van der Waals surface area contributed by atoms with Gasteiger partial charge in [-0.15, -0.1) is 0 Å². The first-order valence-electron chi connectivity index (χ1n) is 11.4. The van der Waals surface area contributed by atoms with Gasteiger partial charge in [-0.1, -0.05) is 73.2 Å². The maximum atomic E-state index is 10.7. The fourth-order valence-electron chi connectivity index (χ4n) is 3.91. The molecule has 1 atom stereocenters. The highest BCUT2D eigenvalue weighted by Gasteiger charge is 2.21. The number of para-hydroxylation sites is 2. The Morgan fingerprint density at radius 2 is 1.44 bits per heavy atom. The molecule has 0 saturated carbocycles. The van der Waals surface area contributed by atoms with E-state index < -0.39 is 6.10 Å². The molecule has 5 nitrogen and oxygen atoms in total. The number of nitrogens with zero attached hydrogens (tertiary/aromatic N) is 3. The lowest BCUT2D eigenvalue weighted by atomic mass is 10.1. The summed E-state index contributed by atoms with van der Waals surface area (Å²) >= 11 is 0. The molecule has 3 aromatic rings. The number of hydroxylamine groups is 1. The van der Waals surface area contributed by atoms with E-state index in [0.717, 1.165) is 30.0 Å². The SMILES string of the molecule is OC(CON(/C(=N/c1ccccc1)c1ccccc1)c1ccccc1)CN1CCCCC1. The van der Waals surface area contributed by atoms with E-state index in [2.05, 4.69) is 4.90 Å². The Balaban J connectivity index is 1.60. The van der Waals surface area contributed by atoms with Gasteiger partial charge in [-0.3, -0.25) is 4.84 Å². The number of amidine groups is 1. The number of anilines is 1. The van der Waals surface area contributed by atoms with Crippen LogP contribution in [0.4, 0.5) is 11.4 Å². The second kappa shape index (κ2) is 11.6. The molecule has 166 valence electrons. The summed E-state index contributed by atoms with van der Waals surface area (Å²) in [6, 6.07) is 29.8. The first-order valence-corrected chi connectivity index (χ1v) is 11.4. The largest absolute Gasteiger partial charge is 0.389 e. The van der Waals surface area contributed by atoms with Crippen molar-refractivity contribution in [3.8, 4) is 0 Å². The van der Waals surface area contributed by atoms with Gasteiger partial charge in [-0.05, 0) is 50.2 Å². The average Bonchev–Trinajstić information content (AvgIpc) is 2.86. The van der Waals surface area contributed by atoms with Gasteiger partial charge in [0.05, 0.1) is 17.5 Å². The molecule has 32 heavy (non-hydrogen) atoms. The minimum atomic E-state index is -0.576. The van der Waals surface area contributed by atoms with Crippen molar-refractivity contribution in [2.75, 3.05) is 31.3 Å². The van der Waals surface area contributed by atoms with Crippen LogP contribution in [0.1, 0.15) is 24.8 Å². The number of aliphatic imine (C=N–C) groups is 1. The van der Waals surface area contributed by atoms with Crippen molar-refractivity contribution < 1.29 is 9.94 Å². The van der Waals surface area contributed by atoms with E-state index in [1.54, 1.807) is 5.06 Å². The van der Waals surface area contributed by atoms with E-state index >= 15 is 0 Å². The predicted molar refractivity (Wildman–Crippen MR) is 130 cm³/mol. The van der Waals surface area contributed by atoms with Gasteiger partial charge in [0.25, 0.3) is 0 Å². The number of rotatable bonds is 8. The standard InChI is InChI=1S/C27H31N3O2/c31-26(21-29-19-11-4-12-20-29)22-32-30(25-17-9-3-10-18-25)27(23-13-5-1-6-14-23)28-24-15-7-2-8-16-24/h1-3,5-10,13-18,26,31H,4,11-12,19-22H2/b28-27+. The van der Waals surface area contributed by atoms with Crippen LogP contribution in [0.5, 0.6) is 0 Å². The van der Waals surface area contributed by atoms with E-state index in [1.165, 1.54) is 19.3 Å². The molecule has 3 aromatic carbocycles. The third-order valence-corrected chi connectivity index (χ3v) is 5.52. The number of aliphatic hydroxyl groups is 1. The number of piperidine rings is 1. The lowest BCUT2D eigenvalue weighted by Crippen LogP contribution is -2.41. The molecule has 0 bridgehead atoms. The molecular weight excluding hydrogens is 398 g/mol. The Bertz CT molecular complexity index is 958. The molecule has 1 unspecified atom stereocenters. The van der Waals surface area contributed by atoms with Crippen molar-refractivity contribution in [1.82, 2.24) is 4.90 Å². The highest BCUT2D eigenvalue weighted by molar-refractivity contribution is 6.09. The minimum Gasteiger partial charge on any atom is -0.389 e.